The maximum absolute atomic E-state index is 12.0. The Morgan fingerprint density at radius 2 is 1.88 bits per heavy atom. The number of carboxylic acid groups (broad SMARTS) is 1. The minimum atomic E-state index is -1.16. The molecule has 0 fully saturated rings. The molecule has 0 aromatic heterocycles. The Morgan fingerprint density at radius 1 is 1.17 bits per heavy atom. The van der Waals surface area contributed by atoms with E-state index in [1.54, 1.807) is 0 Å². The lowest BCUT2D eigenvalue weighted by Crippen LogP contribution is -2.48. The predicted octanol–water partition coefficient (Wildman–Crippen LogP) is 0.611. The molecule has 8 heteroatoms. The number of carbonyl (C=O) groups is 3. The first-order valence-corrected chi connectivity index (χ1v) is 7.69. The molecule has 2 amide bonds. The molecule has 132 valence electrons. The number of hydrogen-bond acceptors (Lipinski definition) is 5. The van der Waals surface area contributed by atoms with Crippen LogP contribution in [0.5, 0.6) is 0 Å². The Morgan fingerprint density at radius 3 is 2.50 bits per heavy atom. The Kier molecular flexibility index (Phi) is 8.91. The zero-order valence-corrected chi connectivity index (χ0v) is 13.4. The van der Waals surface area contributed by atoms with Crippen molar-refractivity contribution in [2.75, 3.05) is 13.1 Å². The average molecular weight is 337 g/mol. The van der Waals surface area contributed by atoms with Crippen LogP contribution in [0, 0.1) is 0 Å². The Bertz CT molecular complexity index is 536. The maximum atomic E-state index is 12.0. The number of ether oxygens (including phenoxy) is 1. The van der Waals surface area contributed by atoms with Crippen LogP contribution in [0.25, 0.3) is 0 Å². The number of alkyl carbamates (subject to hydrolysis) is 1. The highest BCUT2D eigenvalue weighted by molar-refractivity contribution is 5.87. The van der Waals surface area contributed by atoms with Gasteiger partial charge in [-0.1, -0.05) is 30.3 Å². The number of benzene rings is 1. The lowest BCUT2D eigenvalue weighted by molar-refractivity contribution is -0.138. The van der Waals surface area contributed by atoms with Gasteiger partial charge in [0.05, 0.1) is 0 Å². The van der Waals surface area contributed by atoms with E-state index in [1.807, 2.05) is 30.3 Å². The van der Waals surface area contributed by atoms with Crippen molar-refractivity contribution in [2.24, 2.45) is 5.73 Å². The fourth-order valence-corrected chi connectivity index (χ4v) is 1.95. The number of aliphatic carboxylic acids is 1. The molecule has 0 bridgehead atoms. The van der Waals surface area contributed by atoms with E-state index in [0.717, 1.165) is 5.56 Å². The number of rotatable bonds is 10. The first kappa shape index (κ1) is 19.4. The standard InChI is InChI=1S/C16H23N3O5/c17-9-5-4-8-13(15(22)18-10-14(20)21)19-16(23)24-11-12-6-2-1-3-7-12/h1-3,6-7,13H,4-5,8-11,17H2,(H,18,22)(H,19,23)(H,20,21)/t13-/m0/s1. The van der Waals surface area contributed by atoms with Crippen molar-refractivity contribution in [3.8, 4) is 0 Å². The number of carboxylic acids is 1. The van der Waals surface area contributed by atoms with Crippen LogP contribution >= 0.6 is 0 Å². The summed E-state index contributed by atoms with van der Waals surface area (Å²) in [6.07, 6.45) is 0.940. The highest BCUT2D eigenvalue weighted by atomic mass is 16.5. The number of amides is 2. The maximum Gasteiger partial charge on any atom is 0.408 e. The fraction of sp³-hybridized carbons (Fsp3) is 0.438. The summed E-state index contributed by atoms with van der Waals surface area (Å²) in [5.74, 6) is -1.72. The third kappa shape index (κ3) is 8.14. The quantitative estimate of drug-likeness (QED) is 0.463. The lowest BCUT2D eigenvalue weighted by Gasteiger charge is -2.17. The molecule has 0 aliphatic carbocycles. The van der Waals surface area contributed by atoms with E-state index in [9.17, 15) is 14.4 Å². The van der Waals surface area contributed by atoms with Crippen LogP contribution in [-0.4, -0.2) is 42.2 Å². The van der Waals surface area contributed by atoms with Gasteiger partial charge in [0.1, 0.15) is 19.2 Å². The van der Waals surface area contributed by atoms with Crippen molar-refractivity contribution in [2.45, 2.75) is 31.9 Å². The zero-order chi connectivity index (χ0) is 17.8. The molecule has 0 unspecified atom stereocenters. The van der Waals surface area contributed by atoms with Crippen molar-refractivity contribution in [3.63, 3.8) is 0 Å². The van der Waals surface area contributed by atoms with Gasteiger partial charge in [0, 0.05) is 0 Å². The SMILES string of the molecule is NCCCC[C@H](NC(=O)OCc1ccccc1)C(=O)NCC(=O)O. The summed E-state index contributed by atoms with van der Waals surface area (Å²) in [5, 5.41) is 13.3. The van der Waals surface area contributed by atoms with Gasteiger partial charge in [-0.05, 0) is 31.4 Å². The van der Waals surface area contributed by atoms with Gasteiger partial charge in [-0.25, -0.2) is 4.79 Å². The molecule has 24 heavy (non-hydrogen) atoms. The first-order valence-electron chi connectivity index (χ1n) is 7.69. The van der Waals surface area contributed by atoms with Crippen LogP contribution in [0.1, 0.15) is 24.8 Å². The zero-order valence-electron chi connectivity index (χ0n) is 13.4. The molecule has 1 aromatic rings. The van der Waals surface area contributed by atoms with Gasteiger partial charge in [-0.3, -0.25) is 9.59 Å². The smallest absolute Gasteiger partial charge is 0.408 e. The summed E-state index contributed by atoms with van der Waals surface area (Å²) in [6.45, 7) is 0.0494. The van der Waals surface area contributed by atoms with Crippen molar-refractivity contribution in [1.82, 2.24) is 10.6 Å². The molecule has 1 rings (SSSR count). The lowest BCUT2D eigenvalue weighted by atomic mass is 10.1. The van der Waals surface area contributed by atoms with E-state index in [0.29, 0.717) is 25.8 Å². The molecular weight excluding hydrogens is 314 g/mol. The van der Waals surface area contributed by atoms with E-state index in [1.165, 1.54) is 0 Å². The summed E-state index contributed by atoms with van der Waals surface area (Å²) in [5.41, 5.74) is 6.23. The Labute approximate surface area is 140 Å². The van der Waals surface area contributed by atoms with Gasteiger partial charge < -0.3 is 26.2 Å². The molecule has 1 atom stereocenters. The minimum absolute atomic E-state index is 0.0823. The summed E-state index contributed by atoms with van der Waals surface area (Å²) in [6, 6.07) is 8.26. The van der Waals surface area contributed by atoms with Gasteiger partial charge in [-0.15, -0.1) is 0 Å². The molecule has 0 aliphatic rings. The van der Waals surface area contributed by atoms with Crippen LogP contribution in [-0.2, 0) is 20.9 Å². The molecular formula is C16H23N3O5. The van der Waals surface area contributed by atoms with E-state index in [2.05, 4.69) is 10.6 Å². The third-order valence-corrected chi connectivity index (χ3v) is 3.18. The van der Waals surface area contributed by atoms with E-state index >= 15 is 0 Å². The first-order chi connectivity index (χ1) is 11.5. The number of nitrogens with two attached hydrogens (primary N) is 1. The van der Waals surface area contributed by atoms with Crippen LogP contribution in [0.4, 0.5) is 4.79 Å². The number of carbonyl (C=O) groups excluding carboxylic acids is 2. The normalized spacial score (nSPS) is 11.4. The van der Waals surface area contributed by atoms with Gasteiger partial charge in [0.25, 0.3) is 0 Å². The summed E-state index contributed by atoms with van der Waals surface area (Å²) < 4.78 is 5.07. The molecule has 0 spiro atoms. The molecule has 0 heterocycles. The van der Waals surface area contributed by atoms with Gasteiger partial charge in [-0.2, -0.15) is 0 Å². The molecule has 0 saturated carbocycles. The molecule has 8 nitrogen and oxygen atoms in total. The molecule has 0 aliphatic heterocycles. The van der Waals surface area contributed by atoms with Crippen LogP contribution < -0.4 is 16.4 Å². The van der Waals surface area contributed by atoms with E-state index in [-0.39, 0.29) is 6.61 Å². The largest absolute Gasteiger partial charge is 0.480 e. The van der Waals surface area contributed by atoms with E-state index < -0.39 is 30.6 Å². The Balaban J connectivity index is 2.50. The molecule has 1 aromatic carbocycles. The number of unbranched alkanes of at least 4 members (excludes halogenated alkanes) is 1. The molecule has 0 saturated heterocycles. The van der Waals surface area contributed by atoms with Crippen LogP contribution in [0.2, 0.25) is 0 Å². The van der Waals surface area contributed by atoms with Gasteiger partial charge in [0.2, 0.25) is 5.91 Å². The number of nitrogens with one attached hydrogen (secondary N) is 2. The second kappa shape index (κ2) is 11.0. The molecule has 5 N–H and O–H groups in total. The van der Waals surface area contributed by atoms with Crippen molar-refractivity contribution in [1.29, 1.82) is 0 Å². The van der Waals surface area contributed by atoms with Crippen molar-refractivity contribution < 1.29 is 24.2 Å². The topological polar surface area (TPSA) is 131 Å². The van der Waals surface area contributed by atoms with E-state index in [4.69, 9.17) is 15.6 Å². The monoisotopic (exact) mass is 337 g/mol. The highest BCUT2D eigenvalue weighted by Crippen LogP contribution is 2.04. The summed E-state index contributed by atoms with van der Waals surface area (Å²) in [7, 11) is 0. The highest BCUT2D eigenvalue weighted by Gasteiger charge is 2.21. The van der Waals surface area contributed by atoms with Gasteiger partial charge >= 0.3 is 12.1 Å². The predicted molar refractivity (Wildman–Crippen MR) is 87.1 cm³/mol. The summed E-state index contributed by atoms with van der Waals surface area (Å²) >= 11 is 0. The van der Waals surface area contributed by atoms with Crippen LogP contribution in [0.3, 0.4) is 0 Å². The fourth-order valence-electron chi connectivity index (χ4n) is 1.95. The average Bonchev–Trinajstić information content (AvgIpc) is 2.58. The number of hydrogen-bond donors (Lipinski definition) is 4. The second-order valence-corrected chi connectivity index (χ2v) is 5.15. The minimum Gasteiger partial charge on any atom is -0.480 e. The third-order valence-electron chi connectivity index (χ3n) is 3.18. The molecule has 0 radical (unpaired) electrons. The van der Waals surface area contributed by atoms with Gasteiger partial charge in [0.15, 0.2) is 0 Å². The second-order valence-electron chi connectivity index (χ2n) is 5.15. The summed E-state index contributed by atoms with van der Waals surface area (Å²) in [4.78, 5) is 34.3. The Hall–Kier alpha value is -2.61. The van der Waals surface area contributed by atoms with Crippen molar-refractivity contribution in [3.05, 3.63) is 35.9 Å². The van der Waals surface area contributed by atoms with Crippen LogP contribution in [0.15, 0.2) is 30.3 Å². The van der Waals surface area contributed by atoms with Crippen molar-refractivity contribution >= 4 is 18.0 Å².